The van der Waals surface area contributed by atoms with Crippen molar-refractivity contribution in [2.75, 3.05) is 18.9 Å². The predicted molar refractivity (Wildman–Crippen MR) is 190 cm³/mol. The number of fused-ring (bicyclic) bond motifs is 4. The summed E-state index contributed by atoms with van der Waals surface area (Å²) in [5, 5.41) is 5.40. The van der Waals surface area contributed by atoms with Crippen molar-refractivity contribution in [2.45, 2.75) is 85.1 Å². The number of nitrogens with zero attached hydrogens (tertiary/aromatic N) is 3. The van der Waals surface area contributed by atoms with Crippen molar-refractivity contribution in [3.05, 3.63) is 72.6 Å². The molecule has 256 valence electrons. The third kappa shape index (κ3) is 7.65. The van der Waals surface area contributed by atoms with Crippen molar-refractivity contribution in [1.29, 1.82) is 0 Å². The summed E-state index contributed by atoms with van der Waals surface area (Å²) >= 11 is 0. The molecule has 12 heteroatoms. The van der Waals surface area contributed by atoms with Gasteiger partial charge in [-0.05, 0) is 58.6 Å². The van der Waals surface area contributed by atoms with E-state index in [9.17, 15) is 9.36 Å². The first-order valence-corrected chi connectivity index (χ1v) is 18.1. The number of nitrogen functional groups attached to an aromatic ring is 1. The van der Waals surface area contributed by atoms with Gasteiger partial charge in [-0.3, -0.25) is 9.32 Å². The lowest BCUT2D eigenvalue weighted by Crippen LogP contribution is -2.40. The fourth-order valence-electron chi connectivity index (χ4n) is 5.87. The molecule has 3 aromatic carbocycles. The van der Waals surface area contributed by atoms with Crippen LogP contribution in [0.5, 0.6) is 5.75 Å². The highest BCUT2D eigenvalue weighted by molar-refractivity contribution is 7.52. The summed E-state index contributed by atoms with van der Waals surface area (Å²) in [6.07, 6.45) is 2.04. The molecular weight excluding hydrogens is 629 g/mol. The van der Waals surface area contributed by atoms with E-state index in [1.54, 1.807) is 26.8 Å². The molecular formula is C36H46N5O6P. The highest BCUT2D eigenvalue weighted by Gasteiger charge is 2.39. The van der Waals surface area contributed by atoms with Crippen LogP contribution < -0.4 is 15.3 Å². The zero-order chi connectivity index (χ0) is 34.5. The summed E-state index contributed by atoms with van der Waals surface area (Å²) in [4.78, 5) is 22.5. The van der Waals surface area contributed by atoms with E-state index in [1.807, 2.05) is 74.5 Å². The van der Waals surface area contributed by atoms with E-state index >= 15 is 0 Å². The van der Waals surface area contributed by atoms with Crippen LogP contribution in [-0.2, 0) is 35.5 Å². The number of pyridine rings is 1. The number of carbonyl (C=O) groups is 1. The Hall–Kier alpha value is -4.02. The van der Waals surface area contributed by atoms with Gasteiger partial charge in [0.15, 0.2) is 5.82 Å². The third-order valence-electron chi connectivity index (χ3n) is 8.20. The minimum Gasteiger partial charge on any atom is -0.462 e. The average Bonchev–Trinajstić information content (AvgIpc) is 3.47. The lowest BCUT2D eigenvalue weighted by molar-refractivity contribution is -0.149. The maximum Gasteiger partial charge on any atom is 0.459 e. The summed E-state index contributed by atoms with van der Waals surface area (Å²) < 4.78 is 41.0. The first kappa shape index (κ1) is 35.3. The number of carbonyl (C=O) groups excluding carboxylic acids is 1. The van der Waals surface area contributed by atoms with E-state index in [-0.39, 0.29) is 19.3 Å². The minimum atomic E-state index is -4.24. The van der Waals surface area contributed by atoms with Crippen molar-refractivity contribution < 1.29 is 27.9 Å². The van der Waals surface area contributed by atoms with E-state index < -0.39 is 25.3 Å². The zero-order valence-electron chi connectivity index (χ0n) is 28.6. The quantitative estimate of drug-likeness (QED) is 0.0784. The maximum absolute atomic E-state index is 14.9. The van der Waals surface area contributed by atoms with Gasteiger partial charge in [0.05, 0.1) is 29.3 Å². The first-order chi connectivity index (χ1) is 23.0. The van der Waals surface area contributed by atoms with Crippen molar-refractivity contribution >= 4 is 52.2 Å². The smallest absolute Gasteiger partial charge is 0.459 e. The number of imidazole rings is 1. The number of hydrogen-bond donors (Lipinski definition) is 2. The van der Waals surface area contributed by atoms with E-state index in [2.05, 4.69) is 21.6 Å². The molecule has 0 radical (unpaired) electrons. The molecule has 3 N–H and O–H groups in total. The average molecular weight is 676 g/mol. The Morgan fingerprint density at radius 1 is 1.00 bits per heavy atom. The molecule has 0 spiro atoms. The van der Waals surface area contributed by atoms with Gasteiger partial charge in [-0.1, -0.05) is 74.4 Å². The molecule has 0 amide bonds. The Kier molecular flexibility index (Phi) is 11.1. The Morgan fingerprint density at radius 2 is 1.71 bits per heavy atom. The Labute approximate surface area is 281 Å². The van der Waals surface area contributed by atoms with Gasteiger partial charge in [0.1, 0.15) is 29.7 Å². The van der Waals surface area contributed by atoms with Crippen LogP contribution in [0.25, 0.3) is 32.7 Å². The van der Waals surface area contributed by atoms with E-state index in [0.717, 1.165) is 40.0 Å². The number of nitrogens with two attached hydrogens (primary N) is 1. The molecule has 0 aliphatic carbocycles. The highest BCUT2D eigenvalue weighted by atomic mass is 31.2. The SMILES string of the molecule is CCCC[C@@](C)(CO[P@@](=O)(N[C@@H](C)C(=O)OC(C)C)Oc1cccc2ccccc12)n1c(COCC)nc2c(N)nc3ccccc3c21. The second-order valence-corrected chi connectivity index (χ2v) is 14.2. The molecule has 5 rings (SSSR count). The van der Waals surface area contributed by atoms with Gasteiger partial charge < -0.3 is 24.3 Å². The molecule has 0 saturated carbocycles. The fourth-order valence-corrected chi connectivity index (χ4v) is 7.49. The number of esters is 1. The summed E-state index contributed by atoms with van der Waals surface area (Å²) in [7, 11) is -4.24. The molecule has 0 fully saturated rings. The third-order valence-corrected chi connectivity index (χ3v) is 9.81. The van der Waals surface area contributed by atoms with Crippen LogP contribution in [0.3, 0.4) is 0 Å². The number of rotatable bonds is 16. The fraction of sp³-hybridized carbons (Fsp3) is 0.417. The molecule has 2 aromatic heterocycles. The highest BCUT2D eigenvalue weighted by Crippen LogP contribution is 2.49. The van der Waals surface area contributed by atoms with Gasteiger partial charge >= 0.3 is 13.7 Å². The zero-order valence-corrected chi connectivity index (χ0v) is 29.5. The Balaban J connectivity index is 1.62. The Bertz CT molecular complexity index is 1940. The van der Waals surface area contributed by atoms with Crippen LogP contribution >= 0.6 is 7.75 Å². The first-order valence-electron chi connectivity index (χ1n) is 16.5. The van der Waals surface area contributed by atoms with Crippen molar-refractivity contribution in [1.82, 2.24) is 19.6 Å². The van der Waals surface area contributed by atoms with Gasteiger partial charge in [0.2, 0.25) is 0 Å². The van der Waals surface area contributed by atoms with Crippen molar-refractivity contribution in [3.8, 4) is 5.75 Å². The molecule has 0 bridgehead atoms. The topological polar surface area (TPSA) is 140 Å². The normalized spacial score (nSPS) is 15.1. The lowest BCUT2D eigenvalue weighted by atomic mass is 9.94. The molecule has 0 unspecified atom stereocenters. The van der Waals surface area contributed by atoms with Crippen LogP contribution in [0.4, 0.5) is 5.82 Å². The molecule has 3 atom stereocenters. The molecule has 0 saturated heterocycles. The number of anilines is 1. The van der Waals surface area contributed by atoms with Crippen LogP contribution in [0.15, 0.2) is 66.7 Å². The van der Waals surface area contributed by atoms with Gasteiger partial charge in [-0.2, -0.15) is 5.09 Å². The number of benzene rings is 3. The minimum absolute atomic E-state index is 0.0604. The summed E-state index contributed by atoms with van der Waals surface area (Å²) in [5.74, 6) is 0.741. The number of ether oxygens (including phenoxy) is 2. The second-order valence-electron chi connectivity index (χ2n) is 12.5. The van der Waals surface area contributed by atoms with E-state index in [1.165, 1.54) is 0 Å². The number of para-hydroxylation sites is 1. The van der Waals surface area contributed by atoms with Gasteiger partial charge in [-0.25, -0.2) is 14.5 Å². The predicted octanol–water partition coefficient (Wildman–Crippen LogP) is 7.90. The van der Waals surface area contributed by atoms with Crippen LogP contribution in [-0.4, -0.2) is 45.9 Å². The van der Waals surface area contributed by atoms with Gasteiger partial charge in [0, 0.05) is 17.4 Å². The molecule has 0 aliphatic heterocycles. The monoisotopic (exact) mass is 675 g/mol. The summed E-state index contributed by atoms with van der Waals surface area (Å²) in [6, 6.07) is 19.9. The molecule has 5 aromatic rings. The Morgan fingerprint density at radius 3 is 2.44 bits per heavy atom. The summed E-state index contributed by atoms with van der Waals surface area (Å²) in [5.41, 5.74) is 7.76. The van der Waals surface area contributed by atoms with Crippen molar-refractivity contribution in [2.24, 2.45) is 0 Å². The molecule has 0 aliphatic rings. The molecule has 48 heavy (non-hydrogen) atoms. The van der Waals surface area contributed by atoms with Crippen LogP contribution in [0.2, 0.25) is 0 Å². The standard InChI is InChI=1S/C36H46N5O6P/c1-7-9-21-36(6,41-31(22-44-8-2)39-32-33(41)28-18-12-13-19-29(28)38-34(32)37)23-45-48(43,40-25(5)35(42)46-24(3)4)47-30-20-14-16-26-15-10-11-17-27(26)30/h10-20,24-25H,7-9,21-23H2,1-6H3,(H2,37,38)(H,40,43)/t25-,36-,48-/m0/s1. The number of hydrogen-bond acceptors (Lipinski definition) is 9. The molecule has 2 heterocycles. The largest absolute Gasteiger partial charge is 0.462 e. The van der Waals surface area contributed by atoms with Crippen LogP contribution in [0, 0.1) is 0 Å². The van der Waals surface area contributed by atoms with Crippen LogP contribution in [0.1, 0.15) is 66.6 Å². The van der Waals surface area contributed by atoms with Gasteiger partial charge in [-0.15, -0.1) is 0 Å². The maximum atomic E-state index is 14.9. The van der Waals surface area contributed by atoms with Gasteiger partial charge in [0.25, 0.3) is 0 Å². The number of unbranched alkanes of at least 4 members (excludes halogenated alkanes) is 1. The summed E-state index contributed by atoms with van der Waals surface area (Å²) in [6.45, 7) is 11.8. The molecule has 11 nitrogen and oxygen atoms in total. The van der Waals surface area contributed by atoms with E-state index in [0.29, 0.717) is 35.9 Å². The van der Waals surface area contributed by atoms with E-state index in [4.69, 9.17) is 29.2 Å². The van der Waals surface area contributed by atoms with Crippen molar-refractivity contribution in [3.63, 3.8) is 0 Å². The lowest BCUT2D eigenvalue weighted by Gasteiger charge is -2.35. The number of nitrogens with one attached hydrogen (secondary N) is 1. The number of aromatic nitrogens is 3. The second kappa shape index (κ2) is 15.0.